The molecular formula is C25H26N2OS. The molecule has 0 N–H and O–H groups in total. The average molecular weight is 403 g/mol. The Bertz CT molecular complexity index is 1150. The van der Waals surface area contributed by atoms with Gasteiger partial charge in [0.1, 0.15) is 5.69 Å². The second kappa shape index (κ2) is 6.27. The van der Waals surface area contributed by atoms with Gasteiger partial charge >= 0.3 is 0 Å². The Morgan fingerprint density at radius 2 is 1.69 bits per heavy atom. The Balaban J connectivity index is 1.71. The van der Waals surface area contributed by atoms with Crippen LogP contribution in [0.2, 0.25) is 0 Å². The number of nitrogens with zero attached hydrogens (tertiary/aromatic N) is 2. The lowest BCUT2D eigenvalue weighted by Gasteiger charge is -2.45. The van der Waals surface area contributed by atoms with E-state index in [4.69, 9.17) is 9.73 Å². The smallest absolute Gasteiger partial charge is 0.228 e. The predicted octanol–water partition coefficient (Wildman–Crippen LogP) is 6.56. The molecule has 29 heavy (non-hydrogen) atoms. The van der Waals surface area contributed by atoms with Crippen LogP contribution in [-0.4, -0.2) is 24.2 Å². The highest BCUT2D eigenvalue weighted by atomic mass is 32.2. The third-order valence-corrected chi connectivity index (χ3v) is 7.33. The maximum absolute atomic E-state index is 6.93. The first-order valence-electron chi connectivity index (χ1n) is 10.1. The van der Waals surface area contributed by atoms with Gasteiger partial charge < -0.3 is 9.64 Å². The van der Waals surface area contributed by atoms with Crippen molar-refractivity contribution in [3.05, 3.63) is 60.2 Å². The molecule has 0 fully saturated rings. The second-order valence-corrected chi connectivity index (χ2v) is 10.3. The summed E-state index contributed by atoms with van der Waals surface area (Å²) in [4.78, 5) is 8.46. The minimum atomic E-state index is -0.654. The van der Waals surface area contributed by atoms with Crippen molar-refractivity contribution in [2.45, 2.75) is 49.0 Å². The normalized spacial score (nSPS) is 21.5. The number of rotatable bonds is 2. The lowest BCUT2D eigenvalue weighted by atomic mass is 9.77. The number of aliphatic imine (C=N–C) groups is 1. The lowest BCUT2D eigenvalue weighted by molar-refractivity contribution is 0.0842. The Morgan fingerprint density at radius 1 is 1.00 bits per heavy atom. The number of fused-ring (bicyclic) bond motifs is 4. The highest BCUT2D eigenvalue weighted by molar-refractivity contribution is 8.00. The molecule has 3 aromatic rings. The van der Waals surface area contributed by atoms with E-state index in [-0.39, 0.29) is 5.41 Å². The van der Waals surface area contributed by atoms with Crippen LogP contribution in [0.5, 0.6) is 5.75 Å². The number of thioether (sulfide) groups is 1. The number of ether oxygens (including phenoxy) is 1. The van der Waals surface area contributed by atoms with Crippen molar-refractivity contribution in [3.63, 3.8) is 0 Å². The Morgan fingerprint density at radius 3 is 2.41 bits per heavy atom. The van der Waals surface area contributed by atoms with Crippen LogP contribution >= 0.6 is 11.8 Å². The van der Waals surface area contributed by atoms with Gasteiger partial charge in [0.2, 0.25) is 5.72 Å². The zero-order chi connectivity index (χ0) is 20.4. The molecule has 1 spiro atoms. The number of hydrogen-bond acceptors (Lipinski definition) is 4. The van der Waals surface area contributed by atoms with E-state index in [0.29, 0.717) is 5.25 Å². The summed E-state index contributed by atoms with van der Waals surface area (Å²) in [6.07, 6.45) is 2.01. The maximum atomic E-state index is 6.93. The van der Waals surface area contributed by atoms with E-state index in [1.54, 1.807) is 0 Å². The Labute approximate surface area is 176 Å². The molecule has 0 amide bonds. The van der Waals surface area contributed by atoms with Gasteiger partial charge in [0.15, 0.2) is 5.75 Å². The third-order valence-electron chi connectivity index (χ3n) is 6.27. The van der Waals surface area contributed by atoms with E-state index in [1.807, 2.05) is 18.0 Å². The fraction of sp³-hybridized carbons (Fsp3) is 0.320. The summed E-state index contributed by atoms with van der Waals surface area (Å²) in [5.74, 6) is 0.879. The molecule has 0 bridgehead atoms. The van der Waals surface area contributed by atoms with Crippen LogP contribution in [0.15, 0.2) is 64.5 Å². The molecule has 0 saturated carbocycles. The molecule has 5 rings (SSSR count). The fourth-order valence-corrected chi connectivity index (χ4v) is 5.72. The number of benzene rings is 3. The molecule has 3 nitrogen and oxygen atoms in total. The summed E-state index contributed by atoms with van der Waals surface area (Å²) in [5.41, 5.74) is 2.50. The van der Waals surface area contributed by atoms with Gasteiger partial charge in [0.05, 0.1) is 11.6 Å². The van der Waals surface area contributed by atoms with Crippen LogP contribution in [0.25, 0.3) is 10.8 Å². The largest absolute Gasteiger partial charge is 0.459 e. The van der Waals surface area contributed by atoms with Crippen molar-refractivity contribution in [1.29, 1.82) is 0 Å². The van der Waals surface area contributed by atoms with Crippen molar-refractivity contribution < 1.29 is 4.74 Å². The molecule has 4 heteroatoms. The monoisotopic (exact) mass is 402 g/mol. The summed E-state index contributed by atoms with van der Waals surface area (Å²) >= 11 is 1.87. The molecule has 1 unspecified atom stereocenters. The standard InChI is InChI=1S/C25H26N2OS/c1-16(2)29-22-14-20-23(18-11-7-6-10-17(18)22)28-25(15-26-20)24(3,4)19-12-8-9-13-21(19)27(25)5/h6-16H,1-5H3. The molecular weight excluding hydrogens is 376 g/mol. The van der Waals surface area contributed by atoms with Crippen LogP contribution in [0.3, 0.4) is 0 Å². The zero-order valence-corrected chi connectivity index (χ0v) is 18.4. The summed E-state index contributed by atoms with van der Waals surface area (Å²) < 4.78 is 6.93. The van der Waals surface area contributed by atoms with Gasteiger partial charge in [0, 0.05) is 28.3 Å². The first-order chi connectivity index (χ1) is 13.8. The van der Waals surface area contributed by atoms with Crippen molar-refractivity contribution in [2.24, 2.45) is 4.99 Å². The topological polar surface area (TPSA) is 24.8 Å². The Hall–Kier alpha value is -2.46. The van der Waals surface area contributed by atoms with E-state index in [9.17, 15) is 0 Å². The molecule has 0 aliphatic carbocycles. The molecule has 2 heterocycles. The highest BCUT2D eigenvalue weighted by Crippen LogP contribution is 2.55. The van der Waals surface area contributed by atoms with Crippen LogP contribution in [0, 0.1) is 0 Å². The SMILES string of the molecule is CC(C)Sc1cc2c(c3ccccc13)OC1(C=N2)N(C)c2ccccc2C1(C)C. The van der Waals surface area contributed by atoms with E-state index in [1.165, 1.54) is 21.5 Å². The molecule has 0 saturated heterocycles. The first-order valence-corrected chi connectivity index (χ1v) is 11.0. The van der Waals surface area contributed by atoms with Gasteiger partial charge in [-0.15, -0.1) is 11.8 Å². The van der Waals surface area contributed by atoms with Gasteiger partial charge in [-0.05, 0) is 36.9 Å². The van der Waals surface area contributed by atoms with Crippen molar-refractivity contribution in [2.75, 3.05) is 11.9 Å². The third kappa shape index (κ3) is 2.48. The molecule has 0 radical (unpaired) electrons. The van der Waals surface area contributed by atoms with Crippen molar-refractivity contribution in [1.82, 2.24) is 0 Å². The van der Waals surface area contributed by atoms with Crippen LogP contribution in [-0.2, 0) is 5.41 Å². The number of hydrogen-bond donors (Lipinski definition) is 0. The van der Waals surface area contributed by atoms with Gasteiger partial charge in [-0.3, -0.25) is 4.99 Å². The van der Waals surface area contributed by atoms with Crippen molar-refractivity contribution >= 4 is 40.1 Å². The van der Waals surface area contributed by atoms with Gasteiger partial charge in [-0.2, -0.15) is 0 Å². The molecule has 2 aliphatic heterocycles. The van der Waals surface area contributed by atoms with E-state index in [2.05, 4.69) is 94.2 Å². The highest BCUT2D eigenvalue weighted by Gasteiger charge is 2.58. The molecule has 148 valence electrons. The van der Waals surface area contributed by atoms with Gasteiger partial charge in [0.25, 0.3) is 0 Å². The second-order valence-electron chi connectivity index (χ2n) is 8.69. The minimum Gasteiger partial charge on any atom is -0.459 e. The number of para-hydroxylation sites is 1. The van der Waals surface area contributed by atoms with Crippen LogP contribution < -0.4 is 9.64 Å². The van der Waals surface area contributed by atoms with Crippen LogP contribution in [0.4, 0.5) is 11.4 Å². The molecule has 0 aromatic heterocycles. The lowest BCUT2D eigenvalue weighted by Crippen LogP contribution is -2.61. The number of anilines is 1. The minimum absolute atomic E-state index is 0.244. The number of likely N-dealkylation sites (N-methyl/N-ethyl adjacent to an activating group) is 1. The van der Waals surface area contributed by atoms with Crippen LogP contribution in [0.1, 0.15) is 33.3 Å². The molecule has 3 aromatic carbocycles. The van der Waals surface area contributed by atoms with Gasteiger partial charge in [-0.25, -0.2) is 0 Å². The zero-order valence-electron chi connectivity index (χ0n) is 17.6. The maximum Gasteiger partial charge on any atom is 0.228 e. The van der Waals surface area contributed by atoms with E-state index in [0.717, 1.165) is 16.8 Å². The van der Waals surface area contributed by atoms with E-state index >= 15 is 0 Å². The van der Waals surface area contributed by atoms with Crippen molar-refractivity contribution in [3.8, 4) is 5.75 Å². The first kappa shape index (κ1) is 18.6. The summed E-state index contributed by atoms with van der Waals surface area (Å²) in [6.45, 7) is 8.94. The predicted molar refractivity (Wildman–Crippen MR) is 124 cm³/mol. The Kier molecular flexibility index (Phi) is 4.01. The van der Waals surface area contributed by atoms with Gasteiger partial charge in [-0.1, -0.05) is 56.3 Å². The summed E-state index contributed by atoms with van der Waals surface area (Å²) in [7, 11) is 2.11. The molecule has 1 atom stereocenters. The average Bonchev–Trinajstić information content (AvgIpc) is 2.87. The summed E-state index contributed by atoms with van der Waals surface area (Å²) in [5, 5.41) is 2.86. The molecule has 2 aliphatic rings. The fourth-order valence-electron chi connectivity index (χ4n) is 4.72. The van der Waals surface area contributed by atoms with E-state index < -0.39 is 5.72 Å². The summed E-state index contributed by atoms with van der Waals surface area (Å²) in [6, 6.07) is 19.3. The quantitative estimate of drug-likeness (QED) is 0.454.